The van der Waals surface area contributed by atoms with Crippen LogP contribution >= 0.6 is 0 Å². The van der Waals surface area contributed by atoms with E-state index in [1.807, 2.05) is 0 Å². The van der Waals surface area contributed by atoms with Gasteiger partial charge in [-0.1, -0.05) is 12.1 Å². The lowest BCUT2D eigenvalue weighted by Gasteiger charge is -2.14. The molecular formula is C21H14N2O6. The van der Waals surface area contributed by atoms with Crippen LogP contribution in [0.5, 0.6) is 0 Å². The highest BCUT2D eigenvalue weighted by atomic mass is 16.5. The number of hydrogen-bond acceptors (Lipinski definition) is 6. The molecule has 1 aliphatic heterocycles. The van der Waals surface area contributed by atoms with Gasteiger partial charge in [0.1, 0.15) is 0 Å². The molecule has 3 amide bonds. The molecule has 144 valence electrons. The van der Waals surface area contributed by atoms with Crippen LogP contribution in [-0.2, 0) is 4.74 Å². The number of furan rings is 1. The van der Waals surface area contributed by atoms with Crippen molar-refractivity contribution in [1.82, 2.24) is 4.90 Å². The summed E-state index contributed by atoms with van der Waals surface area (Å²) in [6.07, 6.45) is 1.39. The summed E-state index contributed by atoms with van der Waals surface area (Å²) in [5, 5.41) is 2.63. The normalized spacial score (nSPS) is 12.6. The van der Waals surface area contributed by atoms with Gasteiger partial charge in [-0.3, -0.25) is 14.4 Å². The first-order valence-corrected chi connectivity index (χ1v) is 8.62. The van der Waals surface area contributed by atoms with Gasteiger partial charge in [0.05, 0.1) is 23.0 Å². The van der Waals surface area contributed by atoms with Crippen molar-refractivity contribution < 1.29 is 28.3 Å². The van der Waals surface area contributed by atoms with E-state index in [-0.39, 0.29) is 22.5 Å². The Kier molecular flexibility index (Phi) is 4.66. The van der Waals surface area contributed by atoms with E-state index >= 15 is 0 Å². The van der Waals surface area contributed by atoms with Crippen molar-refractivity contribution in [1.29, 1.82) is 0 Å². The van der Waals surface area contributed by atoms with Gasteiger partial charge in [-0.2, -0.15) is 0 Å². The molecule has 1 N–H and O–H groups in total. The summed E-state index contributed by atoms with van der Waals surface area (Å²) in [5.41, 5.74) is 1.23. The fraction of sp³-hybridized carbons (Fsp3) is 0.0476. The van der Waals surface area contributed by atoms with Crippen LogP contribution in [0.15, 0.2) is 71.3 Å². The number of ether oxygens (including phenoxy) is 1. The Labute approximate surface area is 164 Å². The molecule has 0 atom stereocenters. The topological polar surface area (TPSA) is 106 Å². The summed E-state index contributed by atoms with van der Waals surface area (Å²) in [6, 6.07) is 15.5. The van der Waals surface area contributed by atoms with E-state index in [1.165, 1.54) is 36.6 Å². The number of imide groups is 1. The molecule has 1 aliphatic rings. The molecule has 0 spiro atoms. The first-order valence-electron chi connectivity index (χ1n) is 8.62. The number of benzene rings is 2. The highest BCUT2D eigenvalue weighted by molar-refractivity contribution is 6.21. The van der Waals surface area contributed by atoms with E-state index in [0.29, 0.717) is 5.69 Å². The van der Waals surface area contributed by atoms with Crippen molar-refractivity contribution in [2.45, 2.75) is 0 Å². The maximum absolute atomic E-state index is 12.3. The predicted octanol–water partition coefficient (Wildman–Crippen LogP) is 2.94. The molecule has 0 aliphatic carbocycles. The lowest BCUT2D eigenvalue weighted by Crippen LogP contribution is -2.33. The maximum atomic E-state index is 12.3. The number of carbonyl (C=O) groups is 4. The van der Waals surface area contributed by atoms with Crippen LogP contribution in [0.4, 0.5) is 5.69 Å². The Morgan fingerprint density at radius 1 is 0.897 bits per heavy atom. The number of nitrogens with one attached hydrogen (secondary N) is 1. The van der Waals surface area contributed by atoms with Crippen molar-refractivity contribution in [2.24, 2.45) is 0 Å². The van der Waals surface area contributed by atoms with Gasteiger partial charge >= 0.3 is 5.97 Å². The Morgan fingerprint density at radius 2 is 1.55 bits per heavy atom. The van der Waals surface area contributed by atoms with Crippen LogP contribution in [0.1, 0.15) is 41.6 Å². The van der Waals surface area contributed by atoms with E-state index in [9.17, 15) is 19.2 Å². The van der Waals surface area contributed by atoms with E-state index in [0.717, 1.165) is 4.90 Å². The van der Waals surface area contributed by atoms with Gasteiger partial charge in [0.15, 0.2) is 12.5 Å². The van der Waals surface area contributed by atoms with Gasteiger partial charge < -0.3 is 14.5 Å². The van der Waals surface area contributed by atoms with Crippen LogP contribution in [0, 0.1) is 0 Å². The maximum Gasteiger partial charge on any atom is 0.339 e. The molecule has 0 saturated carbocycles. The summed E-state index contributed by atoms with van der Waals surface area (Å²) < 4.78 is 10.1. The van der Waals surface area contributed by atoms with Crippen LogP contribution in [0.3, 0.4) is 0 Å². The minimum Gasteiger partial charge on any atom is -0.459 e. The zero-order chi connectivity index (χ0) is 20.4. The monoisotopic (exact) mass is 390 g/mol. The second kappa shape index (κ2) is 7.43. The van der Waals surface area contributed by atoms with E-state index in [2.05, 4.69) is 5.32 Å². The third kappa shape index (κ3) is 3.51. The van der Waals surface area contributed by atoms with Crippen LogP contribution in [-0.4, -0.2) is 35.3 Å². The van der Waals surface area contributed by atoms with Gasteiger partial charge in [0, 0.05) is 5.69 Å². The van der Waals surface area contributed by atoms with Crippen molar-refractivity contribution in [3.8, 4) is 0 Å². The molecule has 2 heterocycles. The van der Waals surface area contributed by atoms with Crippen LogP contribution < -0.4 is 5.32 Å². The molecule has 8 nitrogen and oxygen atoms in total. The molecule has 4 rings (SSSR count). The van der Waals surface area contributed by atoms with E-state index in [1.54, 1.807) is 30.3 Å². The molecule has 0 radical (unpaired) electrons. The molecule has 0 saturated heterocycles. The number of fused-ring (bicyclic) bond motifs is 1. The van der Waals surface area contributed by atoms with Crippen LogP contribution in [0.25, 0.3) is 0 Å². The highest BCUT2D eigenvalue weighted by Crippen LogP contribution is 2.22. The first kappa shape index (κ1) is 18.2. The largest absolute Gasteiger partial charge is 0.459 e. The quantitative estimate of drug-likeness (QED) is 0.530. The lowest BCUT2D eigenvalue weighted by atomic mass is 10.1. The molecule has 0 fully saturated rings. The number of anilines is 1. The Balaban J connectivity index is 1.36. The molecular weight excluding hydrogens is 376 g/mol. The molecule has 3 aromatic rings. The Bertz CT molecular complexity index is 1070. The Hall–Kier alpha value is -4.20. The summed E-state index contributed by atoms with van der Waals surface area (Å²) >= 11 is 0. The zero-order valence-corrected chi connectivity index (χ0v) is 15.0. The molecule has 29 heavy (non-hydrogen) atoms. The fourth-order valence-electron chi connectivity index (χ4n) is 2.85. The van der Waals surface area contributed by atoms with Crippen LogP contribution in [0.2, 0.25) is 0 Å². The van der Waals surface area contributed by atoms with Crippen molar-refractivity contribution in [3.63, 3.8) is 0 Å². The van der Waals surface area contributed by atoms with E-state index in [4.69, 9.17) is 9.15 Å². The SMILES string of the molecule is O=C(OCN1C(=O)c2ccccc2C1=O)c1ccc(NC(=O)c2ccco2)cc1. The second-order valence-electron chi connectivity index (χ2n) is 6.15. The van der Waals surface area contributed by atoms with E-state index < -0.39 is 30.4 Å². The third-order valence-electron chi connectivity index (χ3n) is 4.33. The van der Waals surface area contributed by atoms with Gasteiger partial charge in [-0.05, 0) is 48.5 Å². The van der Waals surface area contributed by atoms with Crippen molar-refractivity contribution >= 4 is 29.4 Å². The molecule has 1 aromatic heterocycles. The fourth-order valence-corrected chi connectivity index (χ4v) is 2.85. The summed E-state index contributed by atoms with van der Waals surface area (Å²) in [6.45, 7) is -0.484. The number of rotatable bonds is 5. The number of carbonyl (C=O) groups excluding carboxylic acids is 4. The van der Waals surface area contributed by atoms with Gasteiger partial charge in [0.25, 0.3) is 17.7 Å². The Morgan fingerprint density at radius 3 is 2.14 bits per heavy atom. The van der Waals surface area contributed by atoms with Crippen molar-refractivity contribution in [2.75, 3.05) is 12.0 Å². The average molecular weight is 390 g/mol. The van der Waals surface area contributed by atoms with Gasteiger partial charge in [-0.15, -0.1) is 0 Å². The minimum atomic E-state index is -0.703. The lowest BCUT2D eigenvalue weighted by molar-refractivity contribution is 0.0228. The number of hydrogen-bond donors (Lipinski definition) is 1. The number of nitrogens with zero attached hydrogens (tertiary/aromatic N) is 1. The molecule has 0 unspecified atom stereocenters. The average Bonchev–Trinajstić information content (AvgIpc) is 3.36. The van der Waals surface area contributed by atoms with Gasteiger partial charge in [-0.25, -0.2) is 9.69 Å². The standard InChI is InChI=1S/C21H14N2O6/c24-18(17-6-3-11-28-17)22-14-9-7-13(8-10-14)21(27)29-12-23-19(25)15-4-1-2-5-16(15)20(23)26/h1-11H,12H2,(H,22,24). The summed E-state index contributed by atoms with van der Waals surface area (Å²) in [7, 11) is 0. The summed E-state index contributed by atoms with van der Waals surface area (Å²) in [4.78, 5) is 49.6. The predicted molar refractivity (Wildman–Crippen MR) is 100 cm³/mol. The molecule has 8 heteroatoms. The molecule has 0 bridgehead atoms. The number of esters is 1. The van der Waals surface area contributed by atoms with Crippen molar-refractivity contribution in [3.05, 3.63) is 89.4 Å². The number of amides is 3. The third-order valence-corrected chi connectivity index (χ3v) is 4.33. The minimum absolute atomic E-state index is 0.162. The smallest absolute Gasteiger partial charge is 0.339 e. The van der Waals surface area contributed by atoms with Gasteiger partial charge in [0.2, 0.25) is 0 Å². The highest BCUT2D eigenvalue weighted by Gasteiger charge is 2.35. The summed E-state index contributed by atoms with van der Waals surface area (Å²) in [5.74, 6) is -1.97. The zero-order valence-electron chi connectivity index (χ0n) is 15.0. The molecule has 2 aromatic carbocycles. The second-order valence-corrected chi connectivity index (χ2v) is 6.15. The first-order chi connectivity index (χ1) is 14.0.